The smallest absolute Gasteiger partial charge is 0.271 e. The summed E-state index contributed by atoms with van der Waals surface area (Å²) in [4.78, 5) is 16.8. The molecule has 92 valence electrons. The molecule has 0 radical (unpaired) electrons. The van der Waals surface area contributed by atoms with Crippen molar-refractivity contribution in [2.45, 2.75) is 12.8 Å². The second-order valence-corrected chi connectivity index (χ2v) is 3.67. The SMILES string of the molecule is O=C(c1ccc(F)c(F)c1F)N1CCCCO1. The molecule has 1 aliphatic heterocycles. The summed E-state index contributed by atoms with van der Waals surface area (Å²) in [5.41, 5.74) is -0.522. The van der Waals surface area contributed by atoms with E-state index in [4.69, 9.17) is 4.84 Å². The van der Waals surface area contributed by atoms with E-state index in [9.17, 15) is 18.0 Å². The van der Waals surface area contributed by atoms with Crippen LogP contribution < -0.4 is 0 Å². The topological polar surface area (TPSA) is 29.5 Å². The van der Waals surface area contributed by atoms with Gasteiger partial charge in [0.1, 0.15) is 0 Å². The molecule has 0 bridgehead atoms. The number of hydrogen-bond donors (Lipinski definition) is 0. The fourth-order valence-electron chi connectivity index (χ4n) is 1.58. The minimum absolute atomic E-state index is 0.317. The average Bonchev–Trinajstić information content (AvgIpc) is 2.36. The molecule has 1 aromatic rings. The predicted octanol–water partition coefficient (Wildman–Crippen LogP) is 2.27. The Morgan fingerprint density at radius 2 is 1.94 bits per heavy atom. The number of rotatable bonds is 1. The Labute approximate surface area is 95.7 Å². The Balaban J connectivity index is 2.27. The first-order chi connectivity index (χ1) is 8.11. The zero-order valence-corrected chi connectivity index (χ0v) is 8.88. The van der Waals surface area contributed by atoms with Gasteiger partial charge in [-0.1, -0.05) is 0 Å². The number of hydroxylamine groups is 2. The van der Waals surface area contributed by atoms with Crippen LogP contribution in [0.2, 0.25) is 0 Å². The summed E-state index contributed by atoms with van der Waals surface area (Å²) in [6.07, 6.45) is 1.54. The van der Waals surface area contributed by atoms with Gasteiger partial charge in [-0.15, -0.1) is 0 Å². The van der Waals surface area contributed by atoms with Crippen molar-refractivity contribution in [2.24, 2.45) is 0 Å². The molecule has 1 amide bonds. The highest BCUT2D eigenvalue weighted by Crippen LogP contribution is 2.18. The van der Waals surface area contributed by atoms with E-state index in [1.165, 1.54) is 0 Å². The molecule has 0 saturated carbocycles. The Kier molecular flexibility index (Phi) is 3.33. The zero-order chi connectivity index (χ0) is 12.4. The minimum atomic E-state index is -1.65. The molecular formula is C11H10F3NO2. The molecule has 0 unspecified atom stereocenters. The molecule has 1 saturated heterocycles. The third-order valence-corrected chi connectivity index (χ3v) is 2.49. The van der Waals surface area contributed by atoms with Gasteiger partial charge in [-0.05, 0) is 25.0 Å². The molecule has 0 aromatic heterocycles. The van der Waals surface area contributed by atoms with Crippen molar-refractivity contribution in [3.63, 3.8) is 0 Å². The monoisotopic (exact) mass is 245 g/mol. The van der Waals surface area contributed by atoms with Gasteiger partial charge in [0.05, 0.1) is 12.2 Å². The van der Waals surface area contributed by atoms with Crippen LogP contribution in [-0.2, 0) is 4.84 Å². The molecule has 6 heteroatoms. The van der Waals surface area contributed by atoms with Crippen molar-refractivity contribution in [3.8, 4) is 0 Å². The van der Waals surface area contributed by atoms with Gasteiger partial charge in [-0.25, -0.2) is 18.2 Å². The quantitative estimate of drug-likeness (QED) is 0.710. The number of halogens is 3. The number of nitrogens with zero attached hydrogens (tertiary/aromatic N) is 1. The summed E-state index contributed by atoms with van der Waals surface area (Å²) in [5, 5.41) is 0.971. The van der Waals surface area contributed by atoms with Gasteiger partial charge >= 0.3 is 0 Å². The van der Waals surface area contributed by atoms with Crippen molar-refractivity contribution in [1.29, 1.82) is 0 Å². The molecule has 17 heavy (non-hydrogen) atoms. The maximum Gasteiger partial charge on any atom is 0.280 e. The number of benzene rings is 1. The number of carbonyl (C=O) groups excluding carboxylic acids is 1. The number of amides is 1. The molecule has 1 heterocycles. The van der Waals surface area contributed by atoms with Gasteiger partial charge < -0.3 is 0 Å². The largest absolute Gasteiger partial charge is 0.280 e. The number of hydrogen-bond acceptors (Lipinski definition) is 2. The Morgan fingerprint density at radius 1 is 1.18 bits per heavy atom. The maximum atomic E-state index is 13.3. The highest BCUT2D eigenvalue weighted by Gasteiger charge is 2.25. The fourth-order valence-corrected chi connectivity index (χ4v) is 1.58. The lowest BCUT2D eigenvalue weighted by Gasteiger charge is -2.25. The van der Waals surface area contributed by atoms with Crippen molar-refractivity contribution in [1.82, 2.24) is 5.06 Å². The first kappa shape index (κ1) is 11.9. The second-order valence-electron chi connectivity index (χ2n) is 3.67. The van der Waals surface area contributed by atoms with Crippen LogP contribution in [0.1, 0.15) is 23.2 Å². The van der Waals surface area contributed by atoms with Crippen LogP contribution in [0.25, 0.3) is 0 Å². The lowest BCUT2D eigenvalue weighted by molar-refractivity contribution is -0.144. The van der Waals surface area contributed by atoms with Gasteiger partial charge in [0.25, 0.3) is 5.91 Å². The molecule has 0 aliphatic carbocycles. The van der Waals surface area contributed by atoms with Crippen LogP contribution in [0.3, 0.4) is 0 Å². The Hall–Kier alpha value is -1.56. The van der Waals surface area contributed by atoms with Crippen molar-refractivity contribution >= 4 is 5.91 Å². The molecule has 3 nitrogen and oxygen atoms in total. The third-order valence-electron chi connectivity index (χ3n) is 2.49. The average molecular weight is 245 g/mol. The van der Waals surface area contributed by atoms with E-state index in [1.54, 1.807) is 0 Å². The highest BCUT2D eigenvalue weighted by atomic mass is 19.2. The molecule has 0 spiro atoms. The lowest BCUT2D eigenvalue weighted by Crippen LogP contribution is -2.36. The van der Waals surface area contributed by atoms with Gasteiger partial charge in [0.15, 0.2) is 17.5 Å². The normalized spacial score (nSPS) is 16.1. The standard InChI is InChI=1S/C11H10F3NO2/c12-8-4-3-7(9(13)10(8)14)11(16)15-5-1-2-6-17-15/h3-4H,1-2,5-6H2. The third kappa shape index (κ3) is 2.26. The van der Waals surface area contributed by atoms with E-state index in [-0.39, 0.29) is 0 Å². The van der Waals surface area contributed by atoms with Crippen LogP contribution in [0.5, 0.6) is 0 Å². The molecular weight excluding hydrogens is 235 g/mol. The Morgan fingerprint density at radius 3 is 2.59 bits per heavy atom. The zero-order valence-electron chi connectivity index (χ0n) is 8.88. The lowest BCUT2D eigenvalue weighted by atomic mass is 10.1. The summed E-state index contributed by atoms with van der Waals surface area (Å²) in [7, 11) is 0. The van der Waals surface area contributed by atoms with Crippen LogP contribution in [0.15, 0.2) is 12.1 Å². The van der Waals surface area contributed by atoms with Gasteiger partial charge in [0.2, 0.25) is 0 Å². The predicted molar refractivity (Wildman–Crippen MR) is 52.5 cm³/mol. The second kappa shape index (κ2) is 4.75. The molecule has 0 atom stereocenters. The summed E-state index contributed by atoms with van der Waals surface area (Å²) in [5.74, 6) is -5.24. The van der Waals surface area contributed by atoms with Gasteiger partial charge in [-0.3, -0.25) is 9.63 Å². The molecule has 0 N–H and O–H groups in total. The van der Waals surface area contributed by atoms with Gasteiger partial charge in [0, 0.05) is 6.54 Å². The fraction of sp³-hybridized carbons (Fsp3) is 0.364. The molecule has 1 aromatic carbocycles. The first-order valence-corrected chi connectivity index (χ1v) is 5.19. The van der Waals surface area contributed by atoms with E-state index in [1.807, 2.05) is 0 Å². The number of carbonyl (C=O) groups is 1. The van der Waals surface area contributed by atoms with E-state index in [2.05, 4.69) is 0 Å². The molecule has 1 fully saturated rings. The minimum Gasteiger partial charge on any atom is -0.271 e. The van der Waals surface area contributed by atoms with Crippen molar-refractivity contribution in [3.05, 3.63) is 35.1 Å². The van der Waals surface area contributed by atoms with E-state index in [0.717, 1.165) is 30.0 Å². The maximum absolute atomic E-state index is 13.3. The van der Waals surface area contributed by atoms with Crippen molar-refractivity contribution in [2.75, 3.05) is 13.2 Å². The van der Waals surface area contributed by atoms with Gasteiger partial charge in [-0.2, -0.15) is 0 Å². The summed E-state index contributed by atoms with van der Waals surface area (Å²) >= 11 is 0. The van der Waals surface area contributed by atoms with E-state index >= 15 is 0 Å². The molecule has 1 aliphatic rings. The van der Waals surface area contributed by atoms with Crippen LogP contribution >= 0.6 is 0 Å². The van der Waals surface area contributed by atoms with Crippen LogP contribution in [0, 0.1) is 17.5 Å². The first-order valence-electron chi connectivity index (χ1n) is 5.19. The highest BCUT2D eigenvalue weighted by molar-refractivity contribution is 5.93. The van der Waals surface area contributed by atoms with Crippen LogP contribution in [-0.4, -0.2) is 24.1 Å². The van der Waals surface area contributed by atoms with E-state index < -0.39 is 28.9 Å². The van der Waals surface area contributed by atoms with Crippen LogP contribution in [0.4, 0.5) is 13.2 Å². The summed E-state index contributed by atoms with van der Waals surface area (Å²) in [6, 6.07) is 1.63. The summed E-state index contributed by atoms with van der Waals surface area (Å²) < 4.78 is 39.0. The Bertz CT molecular complexity index is 445. The van der Waals surface area contributed by atoms with Crippen molar-refractivity contribution < 1.29 is 22.8 Å². The summed E-state index contributed by atoms with van der Waals surface area (Å²) in [6.45, 7) is 0.675. The molecule has 2 rings (SSSR count). The van der Waals surface area contributed by atoms with E-state index in [0.29, 0.717) is 13.2 Å².